The molecule has 0 amide bonds. The first-order valence-corrected chi connectivity index (χ1v) is 6.58. The van der Waals surface area contributed by atoms with Crippen LogP contribution in [-0.2, 0) is 10.0 Å². The van der Waals surface area contributed by atoms with Gasteiger partial charge in [-0.3, -0.25) is 0 Å². The number of sulfonamides is 1. The third-order valence-electron chi connectivity index (χ3n) is 1.59. The van der Waals surface area contributed by atoms with Crippen molar-refractivity contribution < 1.29 is 12.8 Å². The summed E-state index contributed by atoms with van der Waals surface area (Å²) in [6.45, 7) is 3.40. The van der Waals surface area contributed by atoms with Crippen molar-refractivity contribution in [3.05, 3.63) is 28.5 Å². The highest BCUT2D eigenvalue weighted by molar-refractivity contribution is 9.10. The van der Waals surface area contributed by atoms with Gasteiger partial charge in [-0.15, -0.1) is 0 Å². The summed E-state index contributed by atoms with van der Waals surface area (Å²) in [7, 11) is -3.61. The zero-order valence-electron chi connectivity index (χ0n) is 8.29. The van der Waals surface area contributed by atoms with Crippen LogP contribution in [0.4, 0.5) is 4.39 Å². The summed E-state index contributed by atoms with van der Waals surface area (Å²) in [5.41, 5.74) is 0. The monoisotopic (exact) mass is 295 g/mol. The standard InChI is InChI=1S/C9H11BrFNO2S/c1-6(2)12-15(13,14)7-3-4-8(10)9(11)5-7/h3-6,12H,1-2H3. The summed E-state index contributed by atoms with van der Waals surface area (Å²) in [6.07, 6.45) is 0. The Morgan fingerprint density at radius 3 is 2.47 bits per heavy atom. The lowest BCUT2D eigenvalue weighted by molar-refractivity contribution is 0.566. The first-order valence-electron chi connectivity index (χ1n) is 4.30. The number of halogens is 2. The molecule has 6 heteroatoms. The van der Waals surface area contributed by atoms with Gasteiger partial charge in [-0.05, 0) is 48.0 Å². The van der Waals surface area contributed by atoms with Gasteiger partial charge in [-0.1, -0.05) is 0 Å². The molecule has 0 heterocycles. The second-order valence-electron chi connectivity index (χ2n) is 3.35. The molecule has 0 fully saturated rings. The fourth-order valence-electron chi connectivity index (χ4n) is 1.02. The minimum atomic E-state index is -3.61. The number of nitrogens with one attached hydrogen (secondary N) is 1. The lowest BCUT2D eigenvalue weighted by atomic mass is 10.3. The molecule has 0 bridgehead atoms. The van der Waals surface area contributed by atoms with E-state index in [1.165, 1.54) is 12.1 Å². The third kappa shape index (κ3) is 3.25. The van der Waals surface area contributed by atoms with Crippen molar-refractivity contribution in [1.29, 1.82) is 0 Å². The van der Waals surface area contributed by atoms with Gasteiger partial charge in [0.15, 0.2) is 0 Å². The van der Waals surface area contributed by atoms with Crippen LogP contribution in [0.1, 0.15) is 13.8 Å². The maximum Gasteiger partial charge on any atom is 0.240 e. The highest BCUT2D eigenvalue weighted by Crippen LogP contribution is 2.19. The molecule has 0 aliphatic heterocycles. The summed E-state index contributed by atoms with van der Waals surface area (Å²) in [6, 6.07) is 3.47. The Morgan fingerprint density at radius 2 is 2.00 bits per heavy atom. The average molecular weight is 296 g/mol. The Labute approximate surface area is 96.9 Å². The topological polar surface area (TPSA) is 46.2 Å². The smallest absolute Gasteiger partial charge is 0.209 e. The first-order chi connectivity index (χ1) is 6.83. The maximum absolute atomic E-state index is 13.1. The Bertz CT molecular complexity index is 459. The van der Waals surface area contributed by atoms with Crippen molar-refractivity contribution in [2.75, 3.05) is 0 Å². The molecule has 0 aliphatic rings. The Hall–Kier alpha value is -0.460. The molecule has 1 aromatic carbocycles. The van der Waals surface area contributed by atoms with Gasteiger partial charge < -0.3 is 0 Å². The summed E-state index contributed by atoms with van der Waals surface area (Å²) in [5.74, 6) is -0.596. The van der Waals surface area contributed by atoms with Gasteiger partial charge >= 0.3 is 0 Å². The van der Waals surface area contributed by atoms with Crippen LogP contribution in [0, 0.1) is 5.82 Å². The molecule has 1 aromatic rings. The van der Waals surface area contributed by atoms with Crippen molar-refractivity contribution >= 4 is 26.0 Å². The van der Waals surface area contributed by atoms with E-state index in [1.807, 2.05) is 0 Å². The van der Waals surface area contributed by atoms with E-state index in [-0.39, 0.29) is 15.4 Å². The normalized spacial score (nSPS) is 12.1. The molecule has 0 saturated heterocycles. The molecule has 84 valence electrons. The summed E-state index contributed by atoms with van der Waals surface area (Å²) in [5, 5.41) is 0. The quantitative estimate of drug-likeness (QED) is 0.930. The van der Waals surface area contributed by atoms with E-state index in [4.69, 9.17) is 0 Å². The fourth-order valence-corrected chi connectivity index (χ4v) is 2.53. The number of benzene rings is 1. The Balaban J connectivity index is 3.11. The molecule has 0 atom stereocenters. The molecule has 1 rings (SSSR count). The van der Waals surface area contributed by atoms with Crippen LogP contribution < -0.4 is 4.72 Å². The van der Waals surface area contributed by atoms with Gasteiger partial charge in [-0.25, -0.2) is 17.5 Å². The minimum absolute atomic E-state index is 0.0723. The molecule has 0 saturated carbocycles. The minimum Gasteiger partial charge on any atom is -0.209 e. The van der Waals surface area contributed by atoms with Gasteiger partial charge in [0, 0.05) is 6.04 Å². The zero-order valence-corrected chi connectivity index (χ0v) is 10.7. The van der Waals surface area contributed by atoms with E-state index in [9.17, 15) is 12.8 Å². The predicted octanol–water partition coefficient (Wildman–Crippen LogP) is 2.27. The van der Waals surface area contributed by atoms with Gasteiger partial charge in [0.05, 0.1) is 9.37 Å². The van der Waals surface area contributed by atoms with Gasteiger partial charge in [0.1, 0.15) is 5.82 Å². The highest BCUT2D eigenvalue weighted by Gasteiger charge is 2.16. The molecular formula is C9H11BrFNO2S. The van der Waals surface area contributed by atoms with E-state index in [0.29, 0.717) is 0 Å². The highest BCUT2D eigenvalue weighted by atomic mass is 79.9. The Morgan fingerprint density at radius 1 is 1.40 bits per heavy atom. The molecular weight excluding hydrogens is 285 g/mol. The third-order valence-corrected chi connectivity index (χ3v) is 3.89. The average Bonchev–Trinajstić information content (AvgIpc) is 2.07. The summed E-state index contributed by atoms with van der Waals surface area (Å²) >= 11 is 2.96. The fraction of sp³-hybridized carbons (Fsp3) is 0.333. The van der Waals surface area contributed by atoms with Crippen molar-refractivity contribution in [3.8, 4) is 0 Å². The SMILES string of the molecule is CC(C)NS(=O)(=O)c1ccc(Br)c(F)c1. The zero-order chi connectivity index (χ0) is 11.6. The van der Waals surface area contributed by atoms with Crippen LogP contribution in [-0.4, -0.2) is 14.5 Å². The van der Waals surface area contributed by atoms with Crippen LogP contribution >= 0.6 is 15.9 Å². The molecule has 1 N–H and O–H groups in total. The van der Waals surface area contributed by atoms with Gasteiger partial charge in [0.25, 0.3) is 0 Å². The number of rotatable bonds is 3. The van der Waals surface area contributed by atoms with Crippen LogP contribution in [0.25, 0.3) is 0 Å². The lowest BCUT2D eigenvalue weighted by Crippen LogP contribution is -2.30. The molecule has 0 aromatic heterocycles. The summed E-state index contributed by atoms with van der Waals surface area (Å²) in [4.78, 5) is -0.0723. The van der Waals surface area contributed by atoms with Crippen LogP contribution in [0.15, 0.2) is 27.6 Å². The van der Waals surface area contributed by atoms with Crippen LogP contribution in [0.3, 0.4) is 0 Å². The molecule has 3 nitrogen and oxygen atoms in total. The largest absolute Gasteiger partial charge is 0.240 e. The van der Waals surface area contributed by atoms with Gasteiger partial charge in [-0.2, -0.15) is 0 Å². The predicted molar refractivity (Wildman–Crippen MR) is 59.6 cm³/mol. The van der Waals surface area contributed by atoms with E-state index in [1.54, 1.807) is 13.8 Å². The molecule has 15 heavy (non-hydrogen) atoms. The second kappa shape index (κ2) is 4.59. The number of hydrogen-bond acceptors (Lipinski definition) is 2. The van der Waals surface area contributed by atoms with E-state index < -0.39 is 15.8 Å². The number of hydrogen-bond donors (Lipinski definition) is 1. The molecule has 0 aliphatic carbocycles. The van der Waals surface area contributed by atoms with Crippen molar-refractivity contribution in [2.45, 2.75) is 24.8 Å². The first kappa shape index (κ1) is 12.6. The second-order valence-corrected chi connectivity index (χ2v) is 5.92. The Kier molecular flexibility index (Phi) is 3.86. The molecule has 0 spiro atoms. The van der Waals surface area contributed by atoms with Crippen LogP contribution in [0.2, 0.25) is 0 Å². The van der Waals surface area contributed by atoms with Gasteiger partial charge in [0.2, 0.25) is 10.0 Å². The molecule has 0 radical (unpaired) electrons. The lowest BCUT2D eigenvalue weighted by Gasteiger charge is -2.09. The molecule has 0 unspecified atom stereocenters. The van der Waals surface area contributed by atoms with Crippen molar-refractivity contribution in [3.63, 3.8) is 0 Å². The van der Waals surface area contributed by atoms with E-state index in [2.05, 4.69) is 20.7 Å². The maximum atomic E-state index is 13.1. The van der Waals surface area contributed by atoms with E-state index in [0.717, 1.165) is 6.07 Å². The summed E-state index contributed by atoms with van der Waals surface area (Å²) < 4.78 is 38.9. The van der Waals surface area contributed by atoms with Crippen molar-refractivity contribution in [2.24, 2.45) is 0 Å². The van der Waals surface area contributed by atoms with E-state index >= 15 is 0 Å². The van der Waals surface area contributed by atoms with Crippen LogP contribution in [0.5, 0.6) is 0 Å². The van der Waals surface area contributed by atoms with Crippen molar-refractivity contribution in [1.82, 2.24) is 4.72 Å².